The Morgan fingerprint density at radius 1 is 1.17 bits per heavy atom. The quantitative estimate of drug-likeness (QED) is 0.633. The number of halogens is 2. The first-order chi connectivity index (χ1) is 8.63. The Morgan fingerprint density at radius 3 is 2.61 bits per heavy atom. The Morgan fingerprint density at radius 2 is 1.89 bits per heavy atom. The van der Waals surface area contributed by atoms with E-state index >= 15 is 0 Å². The second-order valence-corrected chi connectivity index (χ2v) is 5.49. The van der Waals surface area contributed by atoms with E-state index in [9.17, 15) is 0 Å². The highest BCUT2D eigenvalue weighted by atomic mass is 79.9. The molecule has 18 heavy (non-hydrogen) atoms. The molecule has 0 saturated heterocycles. The van der Waals surface area contributed by atoms with Crippen molar-refractivity contribution in [3.05, 3.63) is 57.8 Å². The molecule has 0 atom stereocenters. The van der Waals surface area contributed by atoms with Gasteiger partial charge in [0.1, 0.15) is 5.65 Å². The van der Waals surface area contributed by atoms with Crippen LogP contribution in [0.3, 0.4) is 0 Å². The van der Waals surface area contributed by atoms with Crippen molar-refractivity contribution in [3.8, 4) is 11.3 Å². The molecule has 3 rings (SSSR count). The first kappa shape index (κ1) is 11.8. The molecule has 0 N–H and O–H groups in total. The van der Waals surface area contributed by atoms with Crippen LogP contribution in [0.15, 0.2) is 47.2 Å². The van der Waals surface area contributed by atoms with Crippen LogP contribution < -0.4 is 0 Å². The Kier molecular flexibility index (Phi) is 2.88. The van der Waals surface area contributed by atoms with Gasteiger partial charge in [0.15, 0.2) is 0 Å². The molecule has 0 aliphatic carbocycles. The molecule has 0 unspecified atom stereocenters. The number of aromatic nitrogens is 2. The molecular formula is C14H10BrClN2. The van der Waals surface area contributed by atoms with Gasteiger partial charge in [0.05, 0.1) is 5.69 Å². The van der Waals surface area contributed by atoms with Gasteiger partial charge in [-0.1, -0.05) is 23.7 Å². The lowest BCUT2D eigenvalue weighted by molar-refractivity contribution is 1.16. The number of hydrogen-bond donors (Lipinski definition) is 0. The summed E-state index contributed by atoms with van der Waals surface area (Å²) in [5.74, 6) is 0. The standard InChI is InChI=1S/C14H10BrClN2/c1-9-6-14-17-13(8-18(14)7-12(9)15)10-2-4-11(16)5-3-10/h2-8H,1H3. The summed E-state index contributed by atoms with van der Waals surface area (Å²) in [6.45, 7) is 2.06. The van der Waals surface area contributed by atoms with E-state index < -0.39 is 0 Å². The summed E-state index contributed by atoms with van der Waals surface area (Å²) in [5, 5.41) is 0.737. The first-order valence-electron chi connectivity index (χ1n) is 5.54. The van der Waals surface area contributed by atoms with Crippen LogP contribution in [0, 0.1) is 6.92 Å². The van der Waals surface area contributed by atoms with E-state index in [0.29, 0.717) is 0 Å². The average molecular weight is 322 g/mol. The monoisotopic (exact) mass is 320 g/mol. The smallest absolute Gasteiger partial charge is 0.137 e. The van der Waals surface area contributed by atoms with Crippen LogP contribution in [0.1, 0.15) is 5.56 Å². The van der Waals surface area contributed by atoms with E-state index in [2.05, 4.69) is 33.9 Å². The predicted molar refractivity (Wildman–Crippen MR) is 78.1 cm³/mol. The second kappa shape index (κ2) is 4.41. The number of aryl methyl sites for hydroxylation is 1. The zero-order valence-corrected chi connectivity index (χ0v) is 12.0. The minimum absolute atomic E-state index is 0.737. The number of pyridine rings is 1. The third kappa shape index (κ3) is 2.04. The van der Waals surface area contributed by atoms with E-state index in [0.717, 1.165) is 26.4 Å². The van der Waals surface area contributed by atoms with Gasteiger partial charge in [-0.3, -0.25) is 0 Å². The lowest BCUT2D eigenvalue weighted by atomic mass is 10.2. The highest BCUT2D eigenvalue weighted by Crippen LogP contribution is 2.23. The van der Waals surface area contributed by atoms with Crippen molar-refractivity contribution < 1.29 is 0 Å². The molecule has 2 nitrogen and oxygen atoms in total. The number of benzene rings is 1. The molecule has 4 heteroatoms. The molecule has 2 aromatic heterocycles. The van der Waals surface area contributed by atoms with E-state index in [1.165, 1.54) is 5.56 Å². The van der Waals surface area contributed by atoms with Gasteiger partial charge in [0, 0.05) is 27.5 Å². The Bertz CT molecular complexity index is 677. The van der Waals surface area contributed by atoms with Crippen LogP contribution in [0.25, 0.3) is 16.9 Å². The number of fused-ring (bicyclic) bond motifs is 1. The zero-order chi connectivity index (χ0) is 12.7. The van der Waals surface area contributed by atoms with Gasteiger partial charge in [0.2, 0.25) is 0 Å². The molecule has 0 aliphatic rings. The predicted octanol–water partition coefficient (Wildman–Crippen LogP) is 4.73. The summed E-state index contributed by atoms with van der Waals surface area (Å²) in [6, 6.07) is 9.77. The largest absolute Gasteiger partial charge is 0.305 e. The molecule has 0 fully saturated rings. The number of nitrogens with zero attached hydrogens (tertiary/aromatic N) is 2. The first-order valence-corrected chi connectivity index (χ1v) is 6.71. The Balaban J connectivity index is 2.16. The van der Waals surface area contributed by atoms with Gasteiger partial charge in [0.25, 0.3) is 0 Å². The van der Waals surface area contributed by atoms with Gasteiger partial charge in [-0.2, -0.15) is 0 Å². The van der Waals surface area contributed by atoms with Crippen molar-refractivity contribution in [2.24, 2.45) is 0 Å². The van der Waals surface area contributed by atoms with Gasteiger partial charge in [-0.25, -0.2) is 4.98 Å². The summed E-state index contributed by atoms with van der Waals surface area (Å²) < 4.78 is 3.09. The Hall–Kier alpha value is -1.32. The fraction of sp³-hybridized carbons (Fsp3) is 0.0714. The normalized spacial score (nSPS) is 11.1. The molecule has 0 saturated carbocycles. The molecule has 0 radical (unpaired) electrons. The zero-order valence-electron chi connectivity index (χ0n) is 9.69. The fourth-order valence-electron chi connectivity index (χ4n) is 1.86. The molecule has 2 heterocycles. The summed E-state index contributed by atoms with van der Waals surface area (Å²) in [5.41, 5.74) is 4.14. The van der Waals surface area contributed by atoms with Crippen LogP contribution >= 0.6 is 27.5 Å². The summed E-state index contributed by atoms with van der Waals surface area (Å²) >= 11 is 9.41. The lowest BCUT2D eigenvalue weighted by Crippen LogP contribution is -1.85. The SMILES string of the molecule is Cc1cc2nc(-c3ccc(Cl)cc3)cn2cc1Br. The van der Waals surface area contributed by atoms with Crippen LogP contribution in [0.5, 0.6) is 0 Å². The summed E-state index contributed by atoms with van der Waals surface area (Å²) in [4.78, 5) is 4.61. The van der Waals surface area contributed by atoms with Crippen LogP contribution in [-0.4, -0.2) is 9.38 Å². The van der Waals surface area contributed by atoms with Crippen LogP contribution in [0.4, 0.5) is 0 Å². The topological polar surface area (TPSA) is 17.3 Å². The lowest BCUT2D eigenvalue weighted by Gasteiger charge is -1.98. The van der Waals surface area contributed by atoms with E-state index in [-0.39, 0.29) is 0 Å². The maximum atomic E-state index is 5.89. The van der Waals surface area contributed by atoms with Crippen molar-refractivity contribution in [2.45, 2.75) is 6.92 Å². The summed E-state index contributed by atoms with van der Waals surface area (Å²) in [7, 11) is 0. The highest BCUT2D eigenvalue weighted by molar-refractivity contribution is 9.10. The van der Waals surface area contributed by atoms with Crippen molar-refractivity contribution in [3.63, 3.8) is 0 Å². The van der Waals surface area contributed by atoms with Crippen LogP contribution in [0.2, 0.25) is 5.02 Å². The van der Waals surface area contributed by atoms with Gasteiger partial charge >= 0.3 is 0 Å². The van der Waals surface area contributed by atoms with E-state index in [1.54, 1.807) is 0 Å². The third-order valence-corrected chi connectivity index (χ3v) is 3.96. The van der Waals surface area contributed by atoms with Gasteiger partial charge in [-0.15, -0.1) is 0 Å². The average Bonchev–Trinajstić information content (AvgIpc) is 2.73. The maximum Gasteiger partial charge on any atom is 0.137 e. The van der Waals surface area contributed by atoms with E-state index in [4.69, 9.17) is 11.6 Å². The summed E-state index contributed by atoms with van der Waals surface area (Å²) in [6.07, 6.45) is 4.04. The van der Waals surface area contributed by atoms with Gasteiger partial charge < -0.3 is 4.40 Å². The molecule has 0 aliphatic heterocycles. The maximum absolute atomic E-state index is 5.89. The molecule has 0 bridgehead atoms. The minimum Gasteiger partial charge on any atom is -0.305 e. The molecular weight excluding hydrogens is 312 g/mol. The van der Waals surface area contributed by atoms with Crippen molar-refractivity contribution >= 4 is 33.2 Å². The molecule has 0 spiro atoms. The Labute approximate surface area is 118 Å². The highest BCUT2D eigenvalue weighted by Gasteiger charge is 2.06. The second-order valence-electron chi connectivity index (χ2n) is 4.20. The number of hydrogen-bond acceptors (Lipinski definition) is 1. The third-order valence-electron chi connectivity index (χ3n) is 2.88. The van der Waals surface area contributed by atoms with Crippen molar-refractivity contribution in [2.75, 3.05) is 0 Å². The van der Waals surface area contributed by atoms with Crippen molar-refractivity contribution in [1.29, 1.82) is 0 Å². The number of rotatable bonds is 1. The molecule has 3 aromatic rings. The molecule has 0 amide bonds. The van der Waals surface area contributed by atoms with Crippen molar-refractivity contribution in [1.82, 2.24) is 9.38 Å². The van der Waals surface area contributed by atoms with Gasteiger partial charge in [-0.05, 0) is 46.6 Å². The molecule has 90 valence electrons. The minimum atomic E-state index is 0.737. The van der Waals surface area contributed by atoms with Crippen LogP contribution in [-0.2, 0) is 0 Å². The fourth-order valence-corrected chi connectivity index (χ4v) is 2.33. The number of imidazole rings is 1. The molecule has 1 aromatic carbocycles. The van der Waals surface area contributed by atoms with E-state index in [1.807, 2.05) is 41.1 Å².